The first-order valence-corrected chi connectivity index (χ1v) is 14.3. The number of sulfonamides is 1. The second-order valence-corrected chi connectivity index (χ2v) is 10.8. The van der Waals surface area contributed by atoms with Gasteiger partial charge < -0.3 is 19.7 Å². The number of ether oxygens (including phenoxy) is 2. The van der Waals surface area contributed by atoms with Gasteiger partial charge in [-0.3, -0.25) is 13.9 Å². The number of nitrogens with one attached hydrogen (secondary N) is 1. The molecule has 0 radical (unpaired) electrons. The van der Waals surface area contributed by atoms with Crippen molar-refractivity contribution in [2.24, 2.45) is 0 Å². The molecule has 1 atom stereocenters. The summed E-state index contributed by atoms with van der Waals surface area (Å²) in [6.45, 7) is 3.00. The van der Waals surface area contributed by atoms with Crippen LogP contribution in [-0.4, -0.2) is 58.5 Å². The molecule has 2 amide bonds. The number of hydrogen-bond acceptors (Lipinski definition) is 6. The van der Waals surface area contributed by atoms with Crippen molar-refractivity contribution in [1.29, 1.82) is 0 Å². The predicted octanol–water partition coefficient (Wildman–Crippen LogP) is 4.12. The number of likely N-dealkylation sites (N-methyl/N-ethyl adjacent to an activating group) is 1. The summed E-state index contributed by atoms with van der Waals surface area (Å²) in [4.78, 5) is 27.9. The molecule has 0 fully saturated rings. The van der Waals surface area contributed by atoms with Crippen LogP contribution in [-0.2, 0) is 26.2 Å². The van der Waals surface area contributed by atoms with Gasteiger partial charge in [-0.05, 0) is 67.4 Å². The summed E-state index contributed by atoms with van der Waals surface area (Å²) in [5.74, 6) is -1.72. The lowest BCUT2D eigenvalue weighted by molar-refractivity contribution is -0.140. The number of nitrogens with zero attached hydrogens (tertiary/aromatic N) is 2. The van der Waals surface area contributed by atoms with Gasteiger partial charge in [0.05, 0.1) is 24.8 Å². The third-order valence-corrected chi connectivity index (χ3v) is 8.11. The van der Waals surface area contributed by atoms with E-state index in [9.17, 15) is 26.8 Å². The van der Waals surface area contributed by atoms with Crippen LogP contribution < -0.4 is 19.1 Å². The number of amides is 2. The van der Waals surface area contributed by atoms with Crippen molar-refractivity contribution in [3.05, 3.63) is 83.9 Å². The molecule has 12 heteroatoms. The van der Waals surface area contributed by atoms with E-state index in [0.29, 0.717) is 17.9 Å². The molecule has 0 heterocycles. The van der Waals surface area contributed by atoms with Gasteiger partial charge >= 0.3 is 0 Å². The molecular weight excluding hydrogens is 556 g/mol. The predicted molar refractivity (Wildman–Crippen MR) is 150 cm³/mol. The van der Waals surface area contributed by atoms with E-state index >= 15 is 0 Å². The number of rotatable bonds is 13. The monoisotopic (exact) mass is 589 g/mol. The van der Waals surface area contributed by atoms with Gasteiger partial charge in [0, 0.05) is 19.2 Å². The fraction of sp³-hybridized carbons (Fsp3) is 0.310. The Morgan fingerprint density at radius 2 is 1.46 bits per heavy atom. The maximum absolute atomic E-state index is 14.0. The molecule has 0 aliphatic heterocycles. The minimum atomic E-state index is -4.42. The van der Waals surface area contributed by atoms with Crippen LogP contribution in [0.3, 0.4) is 0 Å². The molecule has 3 aromatic rings. The summed E-state index contributed by atoms with van der Waals surface area (Å²) in [5.41, 5.74) is 0.570. The summed E-state index contributed by atoms with van der Waals surface area (Å²) in [6.07, 6.45) is 0.234. The first-order chi connectivity index (χ1) is 19.5. The molecule has 9 nitrogen and oxygen atoms in total. The molecule has 0 saturated carbocycles. The lowest BCUT2D eigenvalue weighted by Crippen LogP contribution is -2.52. The zero-order valence-electron chi connectivity index (χ0n) is 23.3. The normalized spacial score (nSPS) is 11.9. The number of methoxy groups -OCH3 is 2. The fourth-order valence-corrected chi connectivity index (χ4v) is 5.67. The van der Waals surface area contributed by atoms with Crippen molar-refractivity contribution >= 4 is 27.5 Å². The van der Waals surface area contributed by atoms with Gasteiger partial charge in [-0.1, -0.05) is 19.1 Å². The Hall–Kier alpha value is -4.19. The largest absolute Gasteiger partial charge is 0.493 e. The van der Waals surface area contributed by atoms with Crippen LogP contribution in [0, 0.1) is 11.6 Å². The molecule has 0 bridgehead atoms. The first-order valence-electron chi connectivity index (χ1n) is 12.9. The third kappa shape index (κ3) is 7.51. The SMILES string of the molecule is CCNC(=O)[C@@H](CC)N(Cc1ccc(F)cc1)C(=O)CN(c1ccc(F)cc1)S(=O)(=O)c1ccc(OC)c(OC)c1. The van der Waals surface area contributed by atoms with Crippen LogP contribution in [0.25, 0.3) is 0 Å². The molecule has 1 N–H and O–H groups in total. The van der Waals surface area contributed by atoms with Gasteiger partial charge in [0.2, 0.25) is 11.8 Å². The van der Waals surface area contributed by atoms with Gasteiger partial charge in [-0.2, -0.15) is 0 Å². The fourth-order valence-electron chi connectivity index (χ4n) is 4.24. The minimum absolute atomic E-state index is 0.0299. The van der Waals surface area contributed by atoms with Crippen molar-refractivity contribution in [2.45, 2.75) is 37.8 Å². The second-order valence-electron chi connectivity index (χ2n) is 8.97. The van der Waals surface area contributed by atoms with Crippen molar-refractivity contribution in [3.8, 4) is 11.5 Å². The molecule has 0 aliphatic rings. The minimum Gasteiger partial charge on any atom is -0.493 e. The standard InChI is InChI=1S/C29H33F2N3O6S/c1-5-25(29(36)32-6-2)33(18-20-7-9-21(30)10-8-20)28(35)19-34(23-13-11-22(31)12-14-23)41(37,38)24-15-16-26(39-3)27(17-24)40-4/h7-17,25H,5-6,18-19H2,1-4H3,(H,32,36)/t25-/m1/s1. The molecular formula is C29H33F2N3O6S. The van der Waals surface area contributed by atoms with Crippen LogP contribution in [0.1, 0.15) is 25.8 Å². The maximum Gasteiger partial charge on any atom is 0.264 e. The number of benzene rings is 3. The molecule has 0 spiro atoms. The van der Waals surface area contributed by atoms with E-state index in [2.05, 4.69) is 5.32 Å². The number of carbonyl (C=O) groups excluding carboxylic acids is 2. The van der Waals surface area contributed by atoms with Crippen LogP contribution in [0.4, 0.5) is 14.5 Å². The van der Waals surface area contributed by atoms with E-state index in [-0.39, 0.29) is 29.3 Å². The Labute approximate surface area is 238 Å². The van der Waals surface area contributed by atoms with E-state index in [4.69, 9.17) is 9.47 Å². The lowest BCUT2D eigenvalue weighted by atomic mass is 10.1. The Kier molecular flexibility index (Phi) is 10.6. The number of hydrogen-bond donors (Lipinski definition) is 1. The summed E-state index contributed by atoms with van der Waals surface area (Å²) in [7, 11) is -1.65. The van der Waals surface area contributed by atoms with E-state index in [0.717, 1.165) is 16.4 Å². The van der Waals surface area contributed by atoms with Gasteiger partial charge in [0.15, 0.2) is 11.5 Å². The zero-order valence-corrected chi connectivity index (χ0v) is 24.1. The quantitative estimate of drug-likeness (QED) is 0.322. The summed E-state index contributed by atoms with van der Waals surface area (Å²) in [5, 5.41) is 2.71. The average molecular weight is 590 g/mol. The molecule has 0 saturated heterocycles. The van der Waals surface area contributed by atoms with Crippen molar-refractivity contribution in [3.63, 3.8) is 0 Å². The van der Waals surface area contributed by atoms with Gasteiger partial charge in [0.1, 0.15) is 24.2 Å². The number of carbonyl (C=O) groups is 2. The Morgan fingerprint density at radius 3 is 2.00 bits per heavy atom. The van der Waals surface area contributed by atoms with Crippen molar-refractivity contribution in [1.82, 2.24) is 10.2 Å². The third-order valence-electron chi connectivity index (χ3n) is 6.34. The van der Waals surface area contributed by atoms with E-state index in [1.54, 1.807) is 13.8 Å². The van der Waals surface area contributed by atoms with Crippen LogP contribution in [0.15, 0.2) is 71.6 Å². The van der Waals surface area contributed by atoms with Gasteiger partial charge in [-0.25, -0.2) is 17.2 Å². The van der Waals surface area contributed by atoms with Crippen molar-refractivity contribution in [2.75, 3.05) is 31.6 Å². The topological polar surface area (TPSA) is 105 Å². The first kappa shape index (κ1) is 31.3. The maximum atomic E-state index is 14.0. The molecule has 3 rings (SSSR count). The van der Waals surface area contributed by atoms with E-state index in [1.165, 1.54) is 73.7 Å². The molecule has 41 heavy (non-hydrogen) atoms. The highest BCUT2D eigenvalue weighted by molar-refractivity contribution is 7.92. The van der Waals surface area contributed by atoms with Gasteiger partial charge in [0.25, 0.3) is 10.0 Å². The molecule has 0 unspecified atom stereocenters. The average Bonchev–Trinajstić information content (AvgIpc) is 2.96. The summed E-state index contributed by atoms with van der Waals surface area (Å²) >= 11 is 0. The lowest BCUT2D eigenvalue weighted by Gasteiger charge is -2.33. The smallest absolute Gasteiger partial charge is 0.264 e. The Balaban J connectivity index is 2.09. The van der Waals surface area contributed by atoms with Crippen molar-refractivity contribution < 1.29 is 36.3 Å². The highest BCUT2D eigenvalue weighted by Crippen LogP contribution is 2.32. The van der Waals surface area contributed by atoms with E-state index < -0.39 is 46.1 Å². The van der Waals surface area contributed by atoms with Crippen LogP contribution >= 0.6 is 0 Å². The zero-order chi connectivity index (χ0) is 30.2. The van der Waals surface area contributed by atoms with Crippen LogP contribution in [0.5, 0.6) is 11.5 Å². The van der Waals surface area contributed by atoms with Gasteiger partial charge in [-0.15, -0.1) is 0 Å². The second kappa shape index (κ2) is 13.9. The highest BCUT2D eigenvalue weighted by Gasteiger charge is 2.34. The molecule has 0 aliphatic carbocycles. The Morgan fingerprint density at radius 1 is 0.878 bits per heavy atom. The van der Waals surface area contributed by atoms with Crippen LogP contribution in [0.2, 0.25) is 0 Å². The molecule has 3 aromatic carbocycles. The molecule has 0 aromatic heterocycles. The van der Waals surface area contributed by atoms with E-state index in [1.807, 2.05) is 0 Å². The molecule has 220 valence electrons. The number of halogens is 2. The summed E-state index contributed by atoms with van der Waals surface area (Å²) in [6, 6.07) is 13.1. The summed E-state index contributed by atoms with van der Waals surface area (Å²) < 4.78 is 66.6. The Bertz CT molecular complexity index is 1450. The highest BCUT2D eigenvalue weighted by atomic mass is 32.2. The number of anilines is 1.